The molecule has 0 atom stereocenters. The van der Waals surface area contributed by atoms with E-state index in [2.05, 4.69) is 20.2 Å². The fourth-order valence-corrected chi connectivity index (χ4v) is 2.32. The number of aromatic nitrogens is 2. The number of amides is 1. The number of nitrogens with zero attached hydrogens (tertiary/aromatic N) is 3. The lowest BCUT2D eigenvalue weighted by atomic mass is 9.96. The number of rotatable bonds is 4. The molecule has 1 aromatic rings. The fraction of sp³-hybridized carbons (Fsp3) is 0.643. The van der Waals surface area contributed by atoms with Crippen molar-refractivity contribution in [1.29, 1.82) is 0 Å². The highest BCUT2D eigenvalue weighted by molar-refractivity contribution is 5.79. The number of hydrogen-bond donors (Lipinski definition) is 1. The second-order valence-corrected chi connectivity index (χ2v) is 5.35. The van der Waals surface area contributed by atoms with Gasteiger partial charge < -0.3 is 15.0 Å². The van der Waals surface area contributed by atoms with Gasteiger partial charge in [-0.3, -0.25) is 4.79 Å². The largest absolute Gasteiger partial charge is 0.494 e. The van der Waals surface area contributed by atoms with Crippen molar-refractivity contribution in [3.63, 3.8) is 0 Å². The lowest BCUT2D eigenvalue weighted by Crippen LogP contribution is -2.42. The molecule has 1 saturated heterocycles. The molecule has 6 heteroatoms. The van der Waals surface area contributed by atoms with E-state index in [0.717, 1.165) is 25.9 Å². The summed E-state index contributed by atoms with van der Waals surface area (Å²) in [4.78, 5) is 22.6. The van der Waals surface area contributed by atoms with E-state index in [4.69, 9.17) is 4.74 Å². The van der Waals surface area contributed by atoms with E-state index >= 15 is 0 Å². The van der Waals surface area contributed by atoms with E-state index < -0.39 is 0 Å². The molecule has 0 spiro atoms. The Balaban J connectivity index is 1.88. The van der Waals surface area contributed by atoms with Gasteiger partial charge in [0.2, 0.25) is 11.9 Å². The summed E-state index contributed by atoms with van der Waals surface area (Å²) in [6, 6.07) is 0.199. The van der Waals surface area contributed by atoms with Crippen LogP contribution in [-0.2, 0) is 4.79 Å². The Morgan fingerprint density at radius 3 is 2.45 bits per heavy atom. The first-order valence-corrected chi connectivity index (χ1v) is 7.01. The van der Waals surface area contributed by atoms with E-state index in [1.54, 1.807) is 19.5 Å². The molecule has 1 aliphatic rings. The van der Waals surface area contributed by atoms with Crippen LogP contribution in [0, 0.1) is 5.92 Å². The Morgan fingerprint density at radius 2 is 1.95 bits per heavy atom. The van der Waals surface area contributed by atoms with Crippen LogP contribution >= 0.6 is 0 Å². The van der Waals surface area contributed by atoms with E-state index in [1.807, 2.05) is 13.8 Å². The Kier molecular flexibility index (Phi) is 4.76. The van der Waals surface area contributed by atoms with E-state index in [9.17, 15) is 4.79 Å². The fourth-order valence-electron chi connectivity index (χ4n) is 2.32. The Bertz CT molecular complexity index is 439. The number of hydrogen-bond acceptors (Lipinski definition) is 5. The molecular weight excluding hydrogens is 256 g/mol. The van der Waals surface area contributed by atoms with E-state index in [1.165, 1.54) is 0 Å². The van der Waals surface area contributed by atoms with Crippen LogP contribution in [0.25, 0.3) is 0 Å². The van der Waals surface area contributed by atoms with Crippen molar-refractivity contribution in [2.75, 3.05) is 25.1 Å². The molecule has 6 nitrogen and oxygen atoms in total. The number of ether oxygens (including phenoxy) is 1. The number of methoxy groups -OCH3 is 1. The summed E-state index contributed by atoms with van der Waals surface area (Å²) >= 11 is 0. The molecule has 0 radical (unpaired) electrons. The summed E-state index contributed by atoms with van der Waals surface area (Å²) in [5, 5.41) is 2.98. The number of anilines is 1. The second-order valence-electron chi connectivity index (χ2n) is 5.35. The van der Waals surface area contributed by atoms with Gasteiger partial charge >= 0.3 is 0 Å². The Morgan fingerprint density at radius 1 is 1.35 bits per heavy atom. The summed E-state index contributed by atoms with van der Waals surface area (Å²) in [6.45, 7) is 5.58. The number of carbonyl (C=O) groups excluding carboxylic acids is 1. The van der Waals surface area contributed by atoms with Crippen molar-refractivity contribution in [3.8, 4) is 5.75 Å². The highest BCUT2D eigenvalue weighted by Crippen LogP contribution is 2.21. The first-order valence-electron chi connectivity index (χ1n) is 7.01. The SMILES string of the molecule is COc1cnc(N2CCC(C(=O)NC(C)C)CC2)nc1. The van der Waals surface area contributed by atoms with Crippen molar-refractivity contribution in [2.24, 2.45) is 5.92 Å². The molecule has 1 aromatic heterocycles. The standard InChI is InChI=1S/C14H22N4O2/c1-10(2)17-13(19)11-4-6-18(7-5-11)14-15-8-12(20-3)9-16-14/h8-11H,4-7H2,1-3H3,(H,17,19). The van der Waals surface area contributed by atoms with Crippen molar-refractivity contribution >= 4 is 11.9 Å². The summed E-state index contributed by atoms with van der Waals surface area (Å²) in [6.07, 6.45) is 5.02. The molecule has 1 N–H and O–H groups in total. The smallest absolute Gasteiger partial charge is 0.225 e. The van der Waals surface area contributed by atoms with Crippen LogP contribution in [0.5, 0.6) is 5.75 Å². The first-order chi connectivity index (χ1) is 9.60. The van der Waals surface area contributed by atoms with Gasteiger partial charge in [-0.25, -0.2) is 9.97 Å². The maximum absolute atomic E-state index is 12.0. The van der Waals surface area contributed by atoms with E-state index in [-0.39, 0.29) is 17.9 Å². The van der Waals surface area contributed by atoms with Crippen molar-refractivity contribution in [3.05, 3.63) is 12.4 Å². The Labute approximate surface area is 119 Å². The normalized spacial score (nSPS) is 16.3. The lowest BCUT2D eigenvalue weighted by molar-refractivity contribution is -0.126. The number of piperidine rings is 1. The lowest BCUT2D eigenvalue weighted by Gasteiger charge is -2.31. The van der Waals surface area contributed by atoms with E-state index in [0.29, 0.717) is 11.7 Å². The molecule has 0 saturated carbocycles. The van der Waals surface area contributed by atoms with Crippen LogP contribution in [-0.4, -0.2) is 42.1 Å². The first kappa shape index (κ1) is 14.6. The minimum Gasteiger partial charge on any atom is -0.494 e. The van der Waals surface area contributed by atoms with Crippen LogP contribution in [0.15, 0.2) is 12.4 Å². The molecule has 2 heterocycles. The van der Waals surface area contributed by atoms with Crippen molar-refractivity contribution in [2.45, 2.75) is 32.7 Å². The van der Waals surface area contributed by atoms with Crippen LogP contribution in [0.1, 0.15) is 26.7 Å². The van der Waals surface area contributed by atoms with Gasteiger partial charge in [0.1, 0.15) is 0 Å². The van der Waals surface area contributed by atoms with Crippen molar-refractivity contribution < 1.29 is 9.53 Å². The monoisotopic (exact) mass is 278 g/mol. The third-order valence-corrected chi connectivity index (χ3v) is 3.43. The zero-order valence-electron chi connectivity index (χ0n) is 12.3. The number of carbonyl (C=O) groups is 1. The molecule has 1 amide bonds. The molecule has 0 aliphatic carbocycles. The van der Waals surface area contributed by atoms with Crippen molar-refractivity contribution in [1.82, 2.24) is 15.3 Å². The summed E-state index contributed by atoms with van der Waals surface area (Å²) in [7, 11) is 1.59. The average molecular weight is 278 g/mol. The number of nitrogens with one attached hydrogen (secondary N) is 1. The molecule has 2 rings (SSSR count). The molecule has 0 bridgehead atoms. The molecule has 20 heavy (non-hydrogen) atoms. The average Bonchev–Trinajstić information content (AvgIpc) is 2.47. The molecule has 0 aromatic carbocycles. The third-order valence-electron chi connectivity index (χ3n) is 3.43. The van der Waals surface area contributed by atoms with Crippen LogP contribution in [0.2, 0.25) is 0 Å². The second kappa shape index (κ2) is 6.54. The van der Waals surface area contributed by atoms with Crippen LogP contribution in [0.4, 0.5) is 5.95 Å². The van der Waals surface area contributed by atoms with Crippen LogP contribution < -0.4 is 15.0 Å². The van der Waals surface area contributed by atoms with Gasteiger partial charge in [-0.2, -0.15) is 0 Å². The predicted molar refractivity (Wildman–Crippen MR) is 76.8 cm³/mol. The van der Waals surface area contributed by atoms with Crippen LogP contribution in [0.3, 0.4) is 0 Å². The third kappa shape index (κ3) is 3.59. The summed E-state index contributed by atoms with van der Waals surface area (Å²) in [5.74, 6) is 1.62. The minimum absolute atomic E-state index is 0.104. The highest BCUT2D eigenvalue weighted by atomic mass is 16.5. The van der Waals surface area contributed by atoms with Gasteiger partial charge in [-0.05, 0) is 26.7 Å². The maximum atomic E-state index is 12.0. The highest BCUT2D eigenvalue weighted by Gasteiger charge is 2.26. The predicted octanol–water partition coefficient (Wildman–Crippen LogP) is 1.23. The minimum atomic E-state index is 0.104. The molecule has 1 aliphatic heterocycles. The molecule has 110 valence electrons. The topological polar surface area (TPSA) is 67.3 Å². The van der Waals surface area contributed by atoms with Gasteiger partial charge in [-0.1, -0.05) is 0 Å². The van der Waals surface area contributed by atoms with Gasteiger partial charge in [0.05, 0.1) is 19.5 Å². The van der Waals surface area contributed by atoms with Gasteiger partial charge in [0.15, 0.2) is 5.75 Å². The van der Waals surface area contributed by atoms with Gasteiger partial charge in [-0.15, -0.1) is 0 Å². The molecular formula is C14H22N4O2. The van der Waals surface area contributed by atoms with Gasteiger partial charge in [0.25, 0.3) is 0 Å². The molecule has 0 unspecified atom stereocenters. The summed E-state index contributed by atoms with van der Waals surface area (Å²) in [5.41, 5.74) is 0. The van der Waals surface area contributed by atoms with Gasteiger partial charge in [0, 0.05) is 25.0 Å². The Hall–Kier alpha value is -1.85. The summed E-state index contributed by atoms with van der Waals surface area (Å²) < 4.78 is 5.05. The maximum Gasteiger partial charge on any atom is 0.225 e. The quantitative estimate of drug-likeness (QED) is 0.897. The molecule has 1 fully saturated rings. The zero-order valence-corrected chi connectivity index (χ0v) is 12.3. The zero-order chi connectivity index (χ0) is 14.5.